The zero-order valence-corrected chi connectivity index (χ0v) is 9.62. The minimum atomic E-state index is 0.296. The third-order valence-corrected chi connectivity index (χ3v) is 3.13. The molecule has 14 heavy (non-hydrogen) atoms. The summed E-state index contributed by atoms with van der Waals surface area (Å²) in [5.41, 5.74) is 0. The van der Waals surface area contributed by atoms with Gasteiger partial charge in [0.05, 0.1) is 0 Å². The topological polar surface area (TPSA) is 23.6 Å². The van der Waals surface area contributed by atoms with Crippen molar-refractivity contribution in [3.8, 4) is 0 Å². The van der Waals surface area contributed by atoms with Crippen molar-refractivity contribution < 1.29 is 4.79 Å². The summed E-state index contributed by atoms with van der Waals surface area (Å²) in [6, 6.07) is 0.686. The second kappa shape index (κ2) is 5.47. The molecule has 0 aromatic rings. The highest BCUT2D eigenvalue weighted by molar-refractivity contribution is 5.75. The van der Waals surface area contributed by atoms with Gasteiger partial charge in [-0.3, -0.25) is 4.79 Å². The molecule has 1 fully saturated rings. The van der Waals surface area contributed by atoms with Gasteiger partial charge in [-0.1, -0.05) is 0 Å². The van der Waals surface area contributed by atoms with Gasteiger partial charge in [-0.05, 0) is 47.0 Å². The maximum atomic E-state index is 10.8. The molecular weight excluding hydrogens is 176 g/mol. The predicted molar refractivity (Wildman–Crippen MR) is 58.4 cm³/mol. The largest absolute Gasteiger partial charge is 0.306 e. The Hall–Kier alpha value is -0.410. The van der Waals surface area contributed by atoms with Gasteiger partial charge in [0.25, 0.3) is 0 Å². The fraction of sp³-hybridized carbons (Fsp3) is 0.909. The Morgan fingerprint density at radius 3 is 2.50 bits per heavy atom. The van der Waals surface area contributed by atoms with E-state index in [9.17, 15) is 4.79 Å². The molecule has 1 aliphatic rings. The molecule has 0 saturated carbocycles. The molecular formula is C11H22N2O. The van der Waals surface area contributed by atoms with Crippen LogP contribution in [-0.2, 0) is 4.79 Å². The van der Waals surface area contributed by atoms with E-state index in [2.05, 4.69) is 23.9 Å². The molecule has 0 aromatic heterocycles. The maximum Gasteiger partial charge on any atom is 0.131 e. The Morgan fingerprint density at radius 2 is 2.00 bits per heavy atom. The van der Waals surface area contributed by atoms with E-state index < -0.39 is 0 Å². The van der Waals surface area contributed by atoms with E-state index in [1.54, 1.807) is 6.92 Å². The van der Waals surface area contributed by atoms with Crippen LogP contribution in [0.5, 0.6) is 0 Å². The van der Waals surface area contributed by atoms with Crippen LogP contribution >= 0.6 is 0 Å². The van der Waals surface area contributed by atoms with E-state index >= 15 is 0 Å². The van der Waals surface area contributed by atoms with Crippen molar-refractivity contribution in [2.45, 2.75) is 32.2 Å². The Balaban J connectivity index is 2.23. The van der Waals surface area contributed by atoms with Gasteiger partial charge in [-0.15, -0.1) is 0 Å². The number of Topliss-reactive ketones (excluding diaryl/α,β-unsaturated/α-hetero) is 1. The monoisotopic (exact) mass is 198 g/mol. The van der Waals surface area contributed by atoms with Crippen molar-refractivity contribution in [1.29, 1.82) is 0 Å². The van der Waals surface area contributed by atoms with Crippen molar-refractivity contribution in [1.82, 2.24) is 9.80 Å². The molecule has 1 aliphatic heterocycles. The molecule has 0 aliphatic carbocycles. The lowest BCUT2D eigenvalue weighted by Gasteiger charge is -2.34. The summed E-state index contributed by atoms with van der Waals surface area (Å²) in [5, 5.41) is 0. The summed E-state index contributed by atoms with van der Waals surface area (Å²) >= 11 is 0. The molecule has 0 unspecified atom stereocenters. The smallest absolute Gasteiger partial charge is 0.131 e. The van der Waals surface area contributed by atoms with Crippen LogP contribution in [0, 0.1) is 0 Å². The molecule has 3 heteroatoms. The van der Waals surface area contributed by atoms with Crippen LogP contribution in [0.1, 0.15) is 26.2 Å². The maximum absolute atomic E-state index is 10.8. The summed E-state index contributed by atoms with van der Waals surface area (Å²) in [5.74, 6) is 0.296. The van der Waals surface area contributed by atoms with Crippen molar-refractivity contribution in [2.24, 2.45) is 0 Å². The van der Waals surface area contributed by atoms with Crippen molar-refractivity contribution in [3.05, 3.63) is 0 Å². The SMILES string of the molecule is CC(=O)CCN(C)C1CCN(C)CC1. The van der Waals surface area contributed by atoms with Gasteiger partial charge in [0.15, 0.2) is 0 Å². The first-order valence-corrected chi connectivity index (χ1v) is 5.48. The van der Waals surface area contributed by atoms with Gasteiger partial charge in [-0.25, -0.2) is 0 Å². The fourth-order valence-electron chi connectivity index (χ4n) is 1.95. The van der Waals surface area contributed by atoms with Crippen molar-refractivity contribution in [3.63, 3.8) is 0 Å². The van der Waals surface area contributed by atoms with Crippen molar-refractivity contribution >= 4 is 5.78 Å². The van der Waals surface area contributed by atoms with E-state index in [0.29, 0.717) is 18.2 Å². The van der Waals surface area contributed by atoms with Gasteiger partial charge in [0.1, 0.15) is 5.78 Å². The summed E-state index contributed by atoms with van der Waals surface area (Å²) in [6.45, 7) is 4.97. The van der Waals surface area contributed by atoms with Gasteiger partial charge in [0.2, 0.25) is 0 Å². The molecule has 0 amide bonds. The first-order chi connectivity index (χ1) is 6.59. The van der Waals surface area contributed by atoms with Crippen LogP contribution in [0.25, 0.3) is 0 Å². The van der Waals surface area contributed by atoms with Crippen LogP contribution in [0.3, 0.4) is 0 Å². The molecule has 0 atom stereocenters. The molecule has 0 radical (unpaired) electrons. The Labute approximate surface area is 87.1 Å². The number of carbonyl (C=O) groups excluding carboxylic acids is 1. The minimum Gasteiger partial charge on any atom is -0.306 e. The lowest BCUT2D eigenvalue weighted by atomic mass is 10.0. The molecule has 3 nitrogen and oxygen atoms in total. The zero-order valence-electron chi connectivity index (χ0n) is 9.62. The summed E-state index contributed by atoms with van der Waals surface area (Å²) < 4.78 is 0. The molecule has 0 spiro atoms. The summed E-state index contributed by atoms with van der Waals surface area (Å²) in [4.78, 5) is 15.6. The van der Waals surface area contributed by atoms with Gasteiger partial charge in [-0.2, -0.15) is 0 Å². The molecule has 82 valence electrons. The quantitative estimate of drug-likeness (QED) is 0.673. The molecule has 1 heterocycles. The van der Waals surface area contributed by atoms with Crippen LogP contribution in [0.4, 0.5) is 0 Å². The lowest BCUT2D eigenvalue weighted by Crippen LogP contribution is -2.42. The third-order valence-electron chi connectivity index (χ3n) is 3.13. The molecule has 0 bridgehead atoms. The van der Waals surface area contributed by atoms with E-state index in [-0.39, 0.29) is 0 Å². The number of carbonyl (C=O) groups is 1. The highest BCUT2D eigenvalue weighted by atomic mass is 16.1. The normalized spacial score (nSPS) is 20.3. The molecule has 0 aromatic carbocycles. The van der Waals surface area contributed by atoms with E-state index in [1.165, 1.54) is 25.9 Å². The van der Waals surface area contributed by atoms with Gasteiger partial charge < -0.3 is 9.80 Å². The number of rotatable bonds is 4. The van der Waals surface area contributed by atoms with E-state index in [1.807, 2.05) is 0 Å². The average molecular weight is 198 g/mol. The minimum absolute atomic E-state index is 0.296. The number of ketones is 1. The Kier molecular flexibility index (Phi) is 4.55. The Bertz CT molecular complexity index is 186. The van der Waals surface area contributed by atoms with Crippen LogP contribution in [-0.4, -0.2) is 55.4 Å². The zero-order chi connectivity index (χ0) is 10.6. The summed E-state index contributed by atoms with van der Waals surface area (Å²) in [7, 11) is 4.31. The third kappa shape index (κ3) is 3.76. The van der Waals surface area contributed by atoms with Crippen LogP contribution in [0.15, 0.2) is 0 Å². The second-order valence-electron chi connectivity index (χ2n) is 4.47. The van der Waals surface area contributed by atoms with E-state index in [0.717, 1.165) is 6.54 Å². The highest BCUT2D eigenvalue weighted by Crippen LogP contribution is 2.13. The first kappa shape index (κ1) is 11.7. The summed E-state index contributed by atoms with van der Waals surface area (Å²) in [6.07, 6.45) is 3.18. The Morgan fingerprint density at radius 1 is 1.43 bits per heavy atom. The number of piperidine rings is 1. The van der Waals surface area contributed by atoms with Crippen molar-refractivity contribution in [2.75, 3.05) is 33.7 Å². The van der Waals surface area contributed by atoms with E-state index in [4.69, 9.17) is 0 Å². The highest BCUT2D eigenvalue weighted by Gasteiger charge is 2.20. The number of likely N-dealkylation sites (tertiary alicyclic amines) is 1. The number of nitrogens with zero attached hydrogens (tertiary/aromatic N) is 2. The standard InChI is InChI=1S/C11H22N2O/c1-10(14)4-9-13(3)11-5-7-12(2)8-6-11/h11H,4-9H2,1-3H3. The van der Waals surface area contributed by atoms with Gasteiger partial charge >= 0.3 is 0 Å². The van der Waals surface area contributed by atoms with Crippen LogP contribution in [0.2, 0.25) is 0 Å². The lowest BCUT2D eigenvalue weighted by molar-refractivity contribution is -0.117. The second-order valence-corrected chi connectivity index (χ2v) is 4.47. The molecule has 0 N–H and O–H groups in total. The average Bonchev–Trinajstić information content (AvgIpc) is 2.15. The predicted octanol–water partition coefficient (Wildman–Crippen LogP) is 0.992. The van der Waals surface area contributed by atoms with Crippen LogP contribution < -0.4 is 0 Å². The fourth-order valence-corrected chi connectivity index (χ4v) is 1.95. The first-order valence-electron chi connectivity index (χ1n) is 5.48. The molecule has 1 saturated heterocycles. The number of hydrogen-bond acceptors (Lipinski definition) is 3. The molecule has 1 rings (SSSR count). The van der Waals surface area contributed by atoms with Gasteiger partial charge in [0, 0.05) is 19.0 Å². The number of hydrogen-bond donors (Lipinski definition) is 0.